The SMILES string of the molecule is COC(=O)N[C@H](CC(C)C)C(=O)N1CCC[C@H](c2nc(C)no2)C1. The van der Waals surface area contributed by atoms with Gasteiger partial charge in [-0.25, -0.2) is 4.79 Å². The third-order valence-electron chi connectivity index (χ3n) is 4.11. The summed E-state index contributed by atoms with van der Waals surface area (Å²) < 4.78 is 9.89. The Morgan fingerprint density at radius 3 is 2.79 bits per heavy atom. The Morgan fingerprint density at radius 1 is 1.46 bits per heavy atom. The molecule has 1 N–H and O–H groups in total. The lowest BCUT2D eigenvalue weighted by atomic mass is 9.96. The van der Waals surface area contributed by atoms with E-state index in [1.54, 1.807) is 11.8 Å². The van der Waals surface area contributed by atoms with E-state index in [0.717, 1.165) is 12.8 Å². The van der Waals surface area contributed by atoms with E-state index in [1.807, 2.05) is 13.8 Å². The molecule has 1 aromatic rings. The molecule has 1 saturated heterocycles. The largest absolute Gasteiger partial charge is 0.453 e. The maximum Gasteiger partial charge on any atom is 0.407 e. The summed E-state index contributed by atoms with van der Waals surface area (Å²) in [7, 11) is 1.29. The van der Waals surface area contributed by atoms with E-state index < -0.39 is 12.1 Å². The number of nitrogens with zero attached hydrogens (tertiary/aromatic N) is 3. The number of hydrogen-bond acceptors (Lipinski definition) is 6. The molecule has 1 fully saturated rings. The summed E-state index contributed by atoms with van der Waals surface area (Å²) in [6, 6.07) is -0.583. The number of ether oxygens (including phenoxy) is 1. The average molecular weight is 338 g/mol. The van der Waals surface area contributed by atoms with Crippen LogP contribution in [0.1, 0.15) is 50.7 Å². The minimum absolute atomic E-state index is 0.0433. The molecular weight excluding hydrogens is 312 g/mol. The fourth-order valence-electron chi connectivity index (χ4n) is 2.97. The number of aromatic nitrogens is 2. The second-order valence-corrected chi connectivity index (χ2v) is 6.62. The van der Waals surface area contributed by atoms with E-state index in [1.165, 1.54) is 7.11 Å². The molecule has 0 spiro atoms. The molecule has 0 bridgehead atoms. The third kappa shape index (κ3) is 4.69. The molecule has 1 aliphatic rings. The average Bonchev–Trinajstić information content (AvgIpc) is 2.99. The van der Waals surface area contributed by atoms with Gasteiger partial charge in [-0.3, -0.25) is 4.79 Å². The Balaban J connectivity index is 2.05. The van der Waals surface area contributed by atoms with Gasteiger partial charge in [-0.05, 0) is 32.1 Å². The van der Waals surface area contributed by atoms with Gasteiger partial charge in [-0.15, -0.1) is 0 Å². The van der Waals surface area contributed by atoms with Crippen LogP contribution in [0.4, 0.5) is 4.79 Å². The quantitative estimate of drug-likeness (QED) is 0.880. The van der Waals surface area contributed by atoms with Crippen molar-refractivity contribution in [1.29, 1.82) is 0 Å². The van der Waals surface area contributed by atoms with Crippen LogP contribution in [-0.4, -0.2) is 53.3 Å². The highest BCUT2D eigenvalue weighted by atomic mass is 16.5. The fraction of sp³-hybridized carbons (Fsp3) is 0.750. The van der Waals surface area contributed by atoms with Crippen molar-refractivity contribution >= 4 is 12.0 Å². The first-order chi connectivity index (χ1) is 11.4. The number of carbonyl (C=O) groups is 2. The lowest BCUT2D eigenvalue weighted by Gasteiger charge is -2.34. The van der Waals surface area contributed by atoms with Gasteiger partial charge in [0.2, 0.25) is 11.8 Å². The molecule has 134 valence electrons. The topological polar surface area (TPSA) is 97.6 Å². The zero-order valence-electron chi connectivity index (χ0n) is 14.7. The predicted molar refractivity (Wildman–Crippen MR) is 86.4 cm³/mol. The van der Waals surface area contributed by atoms with Crippen LogP contribution in [0.25, 0.3) is 0 Å². The number of methoxy groups -OCH3 is 1. The molecule has 0 aliphatic carbocycles. The molecule has 2 amide bonds. The summed E-state index contributed by atoms with van der Waals surface area (Å²) >= 11 is 0. The van der Waals surface area contributed by atoms with Crippen molar-refractivity contribution < 1.29 is 18.8 Å². The Labute approximate surface area is 141 Å². The van der Waals surface area contributed by atoms with Gasteiger partial charge in [-0.2, -0.15) is 4.98 Å². The summed E-state index contributed by atoms with van der Waals surface area (Å²) in [5.41, 5.74) is 0. The first kappa shape index (κ1) is 18.2. The molecule has 0 saturated carbocycles. The highest BCUT2D eigenvalue weighted by molar-refractivity contribution is 5.85. The number of nitrogens with one attached hydrogen (secondary N) is 1. The van der Waals surface area contributed by atoms with Crippen LogP contribution in [0.5, 0.6) is 0 Å². The Hall–Kier alpha value is -2.12. The molecule has 8 nitrogen and oxygen atoms in total. The van der Waals surface area contributed by atoms with Gasteiger partial charge >= 0.3 is 6.09 Å². The zero-order chi connectivity index (χ0) is 17.7. The van der Waals surface area contributed by atoms with Crippen molar-refractivity contribution in [3.8, 4) is 0 Å². The molecule has 2 atom stereocenters. The number of amides is 2. The highest BCUT2D eigenvalue weighted by Gasteiger charge is 2.32. The molecule has 2 heterocycles. The Morgan fingerprint density at radius 2 is 2.21 bits per heavy atom. The lowest BCUT2D eigenvalue weighted by molar-refractivity contribution is -0.135. The summed E-state index contributed by atoms with van der Waals surface area (Å²) in [5, 5.41) is 6.47. The van der Waals surface area contributed by atoms with Crippen molar-refractivity contribution in [2.24, 2.45) is 5.92 Å². The number of likely N-dealkylation sites (tertiary alicyclic amines) is 1. The van der Waals surface area contributed by atoms with E-state index in [0.29, 0.717) is 31.2 Å². The Bertz CT molecular complexity index is 572. The first-order valence-corrected chi connectivity index (χ1v) is 8.34. The van der Waals surface area contributed by atoms with E-state index in [-0.39, 0.29) is 17.7 Å². The first-order valence-electron chi connectivity index (χ1n) is 8.34. The maximum atomic E-state index is 12.9. The van der Waals surface area contributed by atoms with Gasteiger partial charge in [0.15, 0.2) is 5.82 Å². The number of aryl methyl sites for hydroxylation is 1. The van der Waals surface area contributed by atoms with Crippen molar-refractivity contribution in [3.63, 3.8) is 0 Å². The van der Waals surface area contributed by atoms with Gasteiger partial charge in [0.05, 0.1) is 13.0 Å². The number of piperidine rings is 1. The Kier molecular flexibility index (Phi) is 6.16. The van der Waals surface area contributed by atoms with E-state index >= 15 is 0 Å². The smallest absolute Gasteiger partial charge is 0.407 e. The molecule has 1 aromatic heterocycles. The van der Waals surface area contributed by atoms with Crippen molar-refractivity contribution in [2.75, 3.05) is 20.2 Å². The van der Waals surface area contributed by atoms with Crippen LogP contribution >= 0.6 is 0 Å². The molecule has 24 heavy (non-hydrogen) atoms. The molecular formula is C16H26N4O4. The zero-order valence-corrected chi connectivity index (χ0v) is 14.7. The molecule has 2 rings (SSSR count). The second-order valence-electron chi connectivity index (χ2n) is 6.62. The number of alkyl carbamates (subject to hydrolysis) is 1. The van der Waals surface area contributed by atoms with Gasteiger partial charge in [0, 0.05) is 13.1 Å². The highest BCUT2D eigenvalue weighted by Crippen LogP contribution is 2.26. The summed E-state index contributed by atoms with van der Waals surface area (Å²) in [6.07, 6.45) is 1.75. The third-order valence-corrected chi connectivity index (χ3v) is 4.11. The van der Waals surface area contributed by atoms with Gasteiger partial charge < -0.3 is 19.5 Å². The minimum Gasteiger partial charge on any atom is -0.453 e. The van der Waals surface area contributed by atoms with Crippen LogP contribution in [0, 0.1) is 12.8 Å². The number of carbonyl (C=O) groups excluding carboxylic acids is 2. The lowest BCUT2D eigenvalue weighted by Crippen LogP contribution is -2.51. The summed E-state index contributed by atoms with van der Waals surface area (Å²) in [6.45, 7) is 6.99. The van der Waals surface area contributed by atoms with E-state index in [2.05, 4.69) is 20.2 Å². The minimum atomic E-state index is -0.588. The molecule has 8 heteroatoms. The molecule has 0 radical (unpaired) electrons. The maximum absolute atomic E-state index is 12.9. The predicted octanol–water partition coefficient (Wildman–Crippen LogP) is 1.85. The normalized spacial score (nSPS) is 19.2. The van der Waals surface area contributed by atoms with Gasteiger partial charge in [-0.1, -0.05) is 19.0 Å². The van der Waals surface area contributed by atoms with Crippen LogP contribution in [-0.2, 0) is 9.53 Å². The summed E-state index contributed by atoms with van der Waals surface area (Å²) in [4.78, 5) is 30.5. The van der Waals surface area contributed by atoms with Gasteiger partial charge in [0.1, 0.15) is 6.04 Å². The van der Waals surface area contributed by atoms with Gasteiger partial charge in [0.25, 0.3) is 0 Å². The molecule has 0 aromatic carbocycles. The van der Waals surface area contributed by atoms with Crippen molar-refractivity contribution in [3.05, 3.63) is 11.7 Å². The van der Waals surface area contributed by atoms with Crippen LogP contribution in [0.2, 0.25) is 0 Å². The summed E-state index contributed by atoms with van der Waals surface area (Å²) in [5.74, 6) is 1.40. The standard InChI is InChI=1S/C16H26N4O4/c1-10(2)8-13(18-16(22)23-4)15(21)20-7-5-6-12(9-20)14-17-11(3)19-24-14/h10,12-13H,5-9H2,1-4H3,(H,18,22)/t12-,13+/m0/s1. The second kappa shape index (κ2) is 8.12. The fourth-order valence-corrected chi connectivity index (χ4v) is 2.97. The van der Waals surface area contributed by atoms with Crippen molar-refractivity contribution in [1.82, 2.24) is 20.4 Å². The van der Waals surface area contributed by atoms with Crippen LogP contribution < -0.4 is 5.32 Å². The molecule has 1 aliphatic heterocycles. The van der Waals surface area contributed by atoms with Crippen molar-refractivity contribution in [2.45, 2.75) is 52.0 Å². The van der Waals surface area contributed by atoms with E-state index in [9.17, 15) is 9.59 Å². The molecule has 0 unspecified atom stereocenters. The monoisotopic (exact) mass is 338 g/mol. The number of rotatable bonds is 5. The van der Waals surface area contributed by atoms with Crippen LogP contribution in [0.15, 0.2) is 4.52 Å². The van der Waals surface area contributed by atoms with E-state index in [4.69, 9.17) is 4.52 Å². The number of hydrogen-bond donors (Lipinski definition) is 1. The van der Waals surface area contributed by atoms with Crippen LogP contribution in [0.3, 0.4) is 0 Å².